The second-order valence-corrected chi connectivity index (χ2v) is 7.83. The van der Waals surface area contributed by atoms with E-state index in [1.54, 1.807) is 29.3 Å². The van der Waals surface area contributed by atoms with E-state index in [2.05, 4.69) is 32.0 Å². The van der Waals surface area contributed by atoms with Gasteiger partial charge in [0.1, 0.15) is 29.6 Å². The van der Waals surface area contributed by atoms with Crippen molar-refractivity contribution in [2.45, 2.75) is 26.4 Å². The van der Waals surface area contributed by atoms with Crippen LogP contribution in [0.1, 0.15) is 18.3 Å². The van der Waals surface area contributed by atoms with Crippen molar-refractivity contribution in [2.75, 3.05) is 17.2 Å². The van der Waals surface area contributed by atoms with Gasteiger partial charge in [0, 0.05) is 34.8 Å². The van der Waals surface area contributed by atoms with Gasteiger partial charge in [-0.25, -0.2) is 19.0 Å². The molecule has 5 aromatic rings. The molecule has 32 heavy (non-hydrogen) atoms. The quantitative estimate of drug-likeness (QED) is 0.470. The summed E-state index contributed by atoms with van der Waals surface area (Å²) in [6.45, 7) is 4.15. The summed E-state index contributed by atoms with van der Waals surface area (Å²) in [7, 11) is 0. The van der Waals surface area contributed by atoms with Crippen LogP contribution in [0.4, 0.5) is 16.0 Å². The smallest absolute Gasteiger partial charge is 0.167 e. The fourth-order valence-electron chi connectivity index (χ4n) is 4.33. The van der Waals surface area contributed by atoms with Crippen LogP contribution in [0, 0.1) is 5.82 Å². The molecule has 6 rings (SSSR count). The normalized spacial score (nSPS) is 13.8. The maximum atomic E-state index is 13.8. The Kier molecular flexibility index (Phi) is 4.07. The van der Waals surface area contributed by atoms with E-state index in [-0.39, 0.29) is 5.82 Å². The average Bonchev–Trinajstić information content (AvgIpc) is 3.45. The molecule has 1 aliphatic heterocycles. The number of hydrogen-bond donors (Lipinski definition) is 1. The first-order valence-electron chi connectivity index (χ1n) is 10.5. The van der Waals surface area contributed by atoms with Gasteiger partial charge < -0.3 is 10.6 Å². The van der Waals surface area contributed by atoms with E-state index in [9.17, 15) is 4.39 Å². The largest absolute Gasteiger partial charge is 0.383 e. The Morgan fingerprint density at radius 1 is 1.09 bits per heavy atom. The molecule has 2 N–H and O–H groups in total. The molecule has 0 amide bonds. The van der Waals surface area contributed by atoms with Crippen molar-refractivity contribution in [1.29, 1.82) is 0 Å². The Morgan fingerprint density at radius 2 is 2.00 bits per heavy atom. The van der Waals surface area contributed by atoms with Crippen molar-refractivity contribution in [1.82, 2.24) is 34.3 Å². The Bertz CT molecular complexity index is 1490. The highest BCUT2D eigenvalue weighted by atomic mass is 19.1. The van der Waals surface area contributed by atoms with E-state index in [1.807, 2.05) is 10.7 Å². The van der Waals surface area contributed by atoms with Crippen molar-refractivity contribution >= 4 is 28.2 Å². The first-order valence-corrected chi connectivity index (χ1v) is 10.5. The van der Waals surface area contributed by atoms with Crippen molar-refractivity contribution < 1.29 is 4.39 Å². The molecule has 0 fully saturated rings. The van der Waals surface area contributed by atoms with Gasteiger partial charge in [0.2, 0.25) is 0 Å². The number of rotatable bonds is 3. The Balaban J connectivity index is 1.51. The summed E-state index contributed by atoms with van der Waals surface area (Å²) in [5, 5.41) is 9.47. The summed E-state index contributed by atoms with van der Waals surface area (Å²) in [4.78, 5) is 16.0. The summed E-state index contributed by atoms with van der Waals surface area (Å²) in [5.41, 5.74) is 10.5. The van der Waals surface area contributed by atoms with Gasteiger partial charge in [-0.1, -0.05) is 6.92 Å². The van der Waals surface area contributed by atoms with Crippen molar-refractivity contribution in [3.05, 3.63) is 60.2 Å². The average molecular weight is 429 g/mol. The Labute approximate surface area is 182 Å². The van der Waals surface area contributed by atoms with Crippen LogP contribution < -0.4 is 10.6 Å². The summed E-state index contributed by atoms with van der Waals surface area (Å²) in [6, 6.07) is 6.45. The highest BCUT2D eigenvalue weighted by Gasteiger charge is 2.24. The molecule has 9 nitrogen and oxygen atoms in total. The van der Waals surface area contributed by atoms with Crippen LogP contribution in [0.3, 0.4) is 0 Å². The van der Waals surface area contributed by atoms with E-state index in [1.165, 1.54) is 12.1 Å². The molecule has 0 aliphatic carbocycles. The van der Waals surface area contributed by atoms with Crippen molar-refractivity contribution in [2.24, 2.45) is 0 Å². The van der Waals surface area contributed by atoms with E-state index < -0.39 is 0 Å². The van der Waals surface area contributed by atoms with Crippen molar-refractivity contribution in [3.8, 4) is 11.1 Å². The lowest BCUT2D eigenvalue weighted by Crippen LogP contribution is -2.35. The van der Waals surface area contributed by atoms with E-state index >= 15 is 0 Å². The Morgan fingerprint density at radius 3 is 2.88 bits per heavy atom. The van der Waals surface area contributed by atoms with Crippen LogP contribution in [-0.2, 0) is 19.5 Å². The number of hydrogen-bond acceptors (Lipinski definition) is 7. The second kappa shape index (κ2) is 6.98. The molecule has 0 radical (unpaired) electrons. The molecule has 5 heterocycles. The van der Waals surface area contributed by atoms with Crippen LogP contribution in [-0.4, -0.2) is 40.9 Å². The standard InChI is InChI=1S/C22H20FN9/c1-2-16-20(24)32-22(29-21(16)30-5-6-31-19(11-30)26-12-28-31)17(10-27-32)14-7-13-8-15(23)3-4-18(13)25-9-14/h3-4,7-10,12H,2,5-6,11,24H2,1H3. The zero-order valence-corrected chi connectivity index (χ0v) is 17.4. The molecule has 0 atom stereocenters. The molecule has 10 heteroatoms. The van der Waals surface area contributed by atoms with Gasteiger partial charge in [-0.05, 0) is 30.7 Å². The molecule has 1 aliphatic rings. The maximum absolute atomic E-state index is 13.8. The number of halogens is 1. The highest BCUT2D eigenvalue weighted by molar-refractivity contribution is 5.87. The lowest BCUT2D eigenvalue weighted by Gasteiger charge is -2.29. The summed E-state index contributed by atoms with van der Waals surface area (Å²) < 4.78 is 17.3. The number of nitrogens with zero attached hydrogens (tertiary/aromatic N) is 8. The molecule has 0 saturated carbocycles. The van der Waals surface area contributed by atoms with Gasteiger partial charge >= 0.3 is 0 Å². The topological polar surface area (TPSA) is 103 Å². The molecule has 1 aromatic carbocycles. The van der Waals surface area contributed by atoms with Crippen LogP contribution in [0.15, 0.2) is 43.0 Å². The van der Waals surface area contributed by atoms with E-state index in [0.29, 0.717) is 18.0 Å². The van der Waals surface area contributed by atoms with Crippen molar-refractivity contribution in [3.63, 3.8) is 0 Å². The van der Waals surface area contributed by atoms with Gasteiger partial charge in [0.05, 0.1) is 24.8 Å². The minimum atomic E-state index is -0.300. The fraction of sp³-hybridized carbons (Fsp3) is 0.227. The van der Waals surface area contributed by atoms with Crippen LogP contribution in [0.25, 0.3) is 27.7 Å². The van der Waals surface area contributed by atoms with Gasteiger partial charge in [0.25, 0.3) is 0 Å². The number of fused-ring (bicyclic) bond motifs is 3. The Hall–Kier alpha value is -4.08. The number of nitrogen functional groups attached to an aromatic ring is 1. The van der Waals surface area contributed by atoms with Crippen LogP contribution in [0.2, 0.25) is 0 Å². The molecule has 4 aromatic heterocycles. The molecule has 0 saturated heterocycles. The molecule has 0 bridgehead atoms. The van der Waals surface area contributed by atoms with Gasteiger partial charge in [-0.15, -0.1) is 0 Å². The summed E-state index contributed by atoms with van der Waals surface area (Å²) >= 11 is 0. The molecular formula is C22H20FN9. The zero-order valence-electron chi connectivity index (χ0n) is 17.4. The van der Waals surface area contributed by atoms with Gasteiger partial charge in [-0.2, -0.15) is 14.7 Å². The SMILES string of the molecule is CCc1c(N2CCn3ncnc3C2)nc2c(-c3cnc4ccc(F)cc4c3)cnn2c1N. The summed E-state index contributed by atoms with van der Waals surface area (Å²) in [6.07, 6.45) is 5.79. The van der Waals surface area contributed by atoms with E-state index in [4.69, 9.17) is 10.7 Å². The van der Waals surface area contributed by atoms with Gasteiger partial charge in [-0.3, -0.25) is 4.98 Å². The van der Waals surface area contributed by atoms with Gasteiger partial charge in [0.15, 0.2) is 5.65 Å². The second-order valence-electron chi connectivity index (χ2n) is 7.83. The first kappa shape index (κ1) is 18.7. The lowest BCUT2D eigenvalue weighted by atomic mass is 10.1. The number of aromatic nitrogens is 7. The zero-order chi connectivity index (χ0) is 21.8. The third kappa shape index (κ3) is 2.79. The minimum Gasteiger partial charge on any atom is -0.383 e. The minimum absolute atomic E-state index is 0.300. The predicted octanol–water partition coefficient (Wildman–Crippen LogP) is 2.84. The first-order chi connectivity index (χ1) is 15.6. The molecule has 160 valence electrons. The maximum Gasteiger partial charge on any atom is 0.167 e. The third-order valence-electron chi connectivity index (χ3n) is 5.98. The van der Waals surface area contributed by atoms with Crippen LogP contribution in [0.5, 0.6) is 0 Å². The lowest BCUT2D eigenvalue weighted by molar-refractivity contribution is 0.509. The highest BCUT2D eigenvalue weighted by Crippen LogP contribution is 2.33. The predicted molar refractivity (Wildman–Crippen MR) is 119 cm³/mol. The summed E-state index contributed by atoms with van der Waals surface area (Å²) in [5.74, 6) is 1.98. The monoisotopic (exact) mass is 429 g/mol. The molecule has 0 spiro atoms. The van der Waals surface area contributed by atoms with Crippen LogP contribution >= 0.6 is 0 Å². The molecular weight excluding hydrogens is 409 g/mol. The fourth-order valence-corrected chi connectivity index (χ4v) is 4.33. The number of nitrogens with two attached hydrogens (primary N) is 1. The molecule has 0 unspecified atom stereocenters. The number of pyridine rings is 1. The number of benzene rings is 1. The van der Waals surface area contributed by atoms with E-state index in [0.717, 1.165) is 58.7 Å². The number of anilines is 2. The third-order valence-corrected chi connectivity index (χ3v) is 5.98.